The van der Waals surface area contributed by atoms with Crippen LogP contribution in [0.1, 0.15) is 6.42 Å². The fourth-order valence-electron chi connectivity index (χ4n) is 1.86. The van der Waals surface area contributed by atoms with Gasteiger partial charge in [0.15, 0.2) is 6.29 Å². The van der Waals surface area contributed by atoms with Crippen molar-refractivity contribution in [2.45, 2.75) is 42.4 Å². The van der Waals surface area contributed by atoms with Crippen molar-refractivity contribution in [1.29, 1.82) is 0 Å². The maximum Gasteiger partial charge on any atom is 0.316 e. The summed E-state index contributed by atoms with van der Waals surface area (Å²) in [5, 5.41) is 45.9. The molecule has 0 aromatic heterocycles. The molecule has 0 aliphatic carbocycles. The number of carboxylic acids is 1. The summed E-state index contributed by atoms with van der Waals surface area (Å²) >= 11 is 0.987. The second-order valence-corrected chi connectivity index (χ2v) is 5.66. The zero-order chi connectivity index (χ0) is 15.3. The van der Waals surface area contributed by atoms with Gasteiger partial charge < -0.3 is 35.0 Å². The lowest BCUT2D eigenvalue weighted by Gasteiger charge is -2.39. The fourth-order valence-corrected chi connectivity index (χ4v) is 2.97. The van der Waals surface area contributed by atoms with Crippen LogP contribution in [-0.2, 0) is 14.3 Å². The Labute approximate surface area is 120 Å². The molecule has 5 N–H and O–H groups in total. The monoisotopic (exact) mass is 312 g/mol. The lowest BCUT2D eigenvalue weighted by atomic mass is 10.00. The first-order chi connectivity index (χ1) is 9.42. The van der Waals surface area contributed by atoms with Crippen molar-refractivity contribution >= 4 is 17.7 Å². The first-order valence-corrected chi connectivity index (χ1v) is 7.15. The third-order valence-electron chi connectivity index (χ3n) is 3.03. The number of hydrogen-bond acceptors (Lipinski definition) is 8. The van der Waals surface area contributed by atoms with Gasteiger partial charge in [-0.25, -0.2) is 0 Å². The molecule has 0 radical (unpaired) electrons. The molecule has 20 heavy (non-hydrogen) atoms. The molecule has 1 rings (SSSR count). The van der Waals surface area contributed by atoms with E-state index in [4.69, 9.17) is 19.7 Å². The van der Waals surface area contributed by atoms with Gasteiger partial charge in [-0.2, -0.15) is 0 Å². The molecule has 1 saturated heterocycles. The summed E-state index contributed by atoms with van der Waals surface area (Å²) in [6.45, 7) is -0.264. The molecule has 1 aliphatic heterocycles. The Bertz CT molecular complexity index is 313. The molecular weight excluding hydrogens is 292 g/mol. The quantitative estimate of drug-likeness (QED) is 0.362. The number of rotatable bonds is 7. The summed E-state index contributed by atoms with van der Waals surface area (Å²) in [7, 11) is 1.29. The van der Waals surface area contributed by atoms with Gasteiger partial charge in [0.2, 0.25) is 0 Å². The Kier molecular flexibility index (Phi) is 7.17. The van der Waals surface area contributed by atoms with Gasteiger partial charge in [0, 0.05) is 19.5 Å². The molecule has 0 aromatic rings. The summed E-state index contributed by atoms with van der Waals surface area (Å²) in [4.78, 5) is 10.9. The smallest absolute Gasteiger partial charge is 0.316 e. The van der Waals surface area contributed by atoms with Crippen LogP contribution in [0, 0.1) is 0 Å². The molecule has 1 aliphatic rings. The first kappa shape index (κ1) is 17.6. The number of aliphatic hydroxyl groups excluding tert-OH is 4. The van der Waals surface area contributed by atoms with Crippen molar-refractivity contribution in [3.63, 3.8) is 0 Å². The summed E-state index contributed by atoms with van der Waals surface area (Å²) < 4.78 is 10.1. The highest BCUT2D eigenvalue weighted by molar-refractivity contribution is 8.00. The van der Waals surface area contributed by atoms with Crippen LogP contribution < -0.4 is 0 Å². The van der Waals surface area contributed by atoms with Gasteiger partial charge in [-0.3, -0.25) is 4.79 Å². The standard InChI is InChI=1S/C11H20O8S/c1-18-11-9(15)8(14)7(13)5(19-11)4-20-6(2-3-12)10(16)17/h5-9,11-15H,2-4H2,1H3,(H,16,17)/t5-,6?,7+,8-,9-,11+/m0/s1. The Morgan fingerprint density at radius 3 is 2.45 bits per heavy atom. The maximum absolute atomic E-state index is 10.9. The number of methoxy groups -OCH3 is 1. The Hall–Kier alpha value is -0.420. The number of aliphatic hydroxyl groups is 4. The van der Waals surface area contributed by atoms with Crippen molar-refractivity contribution in [1.82, 2.24) is 0 Å². The van der Waals surface area contributed by atoms with Gasteiger partial charge in [-0.15, -0.1) is 11.8 Å². The minimum Gasteiger partial charge on any atom is -0.480 e. The van der Waals surface area contributed by atoms with Crippen LogP contribution in [0.25, 0.3) is 0 Å². The Morgan fingerprint density at radius 2 is 1.95 bits per heavy atom. The van der Waals surface area contributed by atoms with E-state index in [-0.39, 0.29) is 18.8 Å². The lowest BCUT2D eigenvalue weighted by Crippen LogP contribution is -2.58. The van der Waals surface area contributed by atoms with E-state index < -0.39 is 41.9 Å². The molecule has 1 heterocycles. The molecule has 0 spiro atoms. The Balaban J connectivity index is 2.59. The summed E-state index contributed by atoms with van der Waals surface area (Å²) in [5.41, 5.74) is 0. The second-order valence-electron chi connectivity index (χ2n) is 4.42. The van der Waals surface area contributed by atoms with Crippen molar-refractivity contribution in [2.75, 3.05) is 19.5 Å². The zero-order valence-electron chi connectivity index (χ0n) is 11.0. The number of aliphatic carboxylic acids is 1. The van der Waals surface area contributed by atoms with E-state index in [0.29, 0.717) is 0 Å². The molecule has 9 heteroatoms. The van der Waals surface area contributed by atoms with Gasteiger partial charge in [0.25, 0.3) is 0 Å². The maximum atomic E-state index is 10.9. The SMILES string of the molecule is CO[C@@H]1O[C@@H](CSC(CCO)C(=O)O)[C@@H](O)[C@H](O)[C@@H]1O. The molecule has 0 bridgehead atoms. The van der Waals surface area contributed by atoms with Crippen molar-refractivity contribution in [3.8, 4) is 0 Å². The summed E-state index contributed by atoms with van der Waals surface area (Å²) in [6, 6.07) is 0. The van der Waals surface area contributed by atoms with Crippen molar-refractivity contribution < 1.29 is 39.8 Å². The van der Waals surface area contributed by atoms with E-state index >= 15 is 0 Å². The molecule has 118 valence electrons. The van der Waals surface area contributed by atoms with Crippen molar-refractivity contribution in [2.24, 2.45) is 0 Å². The van der Waals surface area contributed by atoms with Crippen molar-refractivity contribution in [3.05, 3.63) is 0 Å². The average molecular weight is 312 g/mol. The molecule has 8 nitrogen and oxygen atoms in total. The van der Waals surface area contributed by atoms with E-state index in [9.17, 15) is 20.1 Å². The van der Waals surface area contributed by atoms with E-state index in [1.807, 2.05) is 0 Å². The molecular formula is C11H20O8S. The van der Waals surface area contributed by atoms with Gasteiger partial charge in [-0.05, 0) is 6.42 Å². The van der Waals surface area contributed by atoms with E-state index in [1.54, 1.807) is 0 Å². The Morgan fingerprint density at radius 1 is 1.30 bits per heavy atom. The highest BCUT2D eigenvalue weighted by Crippen LogP contribution is 2.26. The van der Waals surface area contributed by atoms with Gasteiger partial charge in [0.1, 0.15) is 23.6 Å². The average Bonchev–Trinajstić information content (AvgIpc) is 2.42. The molecule has 1 unspecified atom stereocenters. The first-order valence-electron chi connectivity index (χ1n) is 6.10. The highest BCUT2D eigenvalue weighted by atomic mass is 32.2. The number of hydrogen-bond donors (Lipinski definition) is 5. The number of ether oxygens (including phenoxy) is 2. The van der Waals surface area contributed by atoms with Gasteiger partial charge >= 0.3 is 5.97 Å². The summed E-state index contributed by atoms with van der Waals surface area (Å²) in [5.74, 6) is -0.986. The number of thioether (sulfide) groups is 1. The van der Waals surface area contributed by atoms with Gasteiger partial charge in [-0.1, -0.05) is 0 Å². The number of carbonyl (C=O) groups is 1. The van der Waals surface area contributed by atoms with Crippen LogP contribution in [0.15, 0.2) is 0 Å². The minimum atomic E-state index is -1.43. The van der Waals surface area contributed by atoms with Crippen LogP contribution in [0.4, 0.5) is 0 Å². The molecule has 0 amide bonds. The van der Waals surface area contributed by atoms with Crippen LogP contribution in [0.3, 0.4) is 0 Å². The summed E-state index contributed by atoms with van der Waals surface area (Å²) in [6.07, 6.45) is -6.03. The molecule has 6 atom stereocenters. The van der Waals surface area contributed by atoms with Gasteiger partial charge in [0.05, 0.1) is 6.10 Å². The predicted octanol–water partition coefficient (Wildman–Crippen LogP) is -1.99. The van der Waals surface area contributed by atoms with Crippen LogP contribution in [0.5, 0.6) is 0 Å². The van der Waals surface area contributed by atoms with E-state index in [2.05, 4.69) is 0 Å². The topological polar surface area (TPSA) is 137 Å². The molecule has 1 fully saturated rings. The van der Waals surface area contributed by atoms with E-state index in [1.165, 1.54) is 7.11 Å². The van der Waals surface area contributed by atoms with Crippen LogP contribution in [-0.4, -0.2) is 86.9 Å². The minimum absolute atomic E-state index is 0.0711. The largest absolute Gasteiger partial charge is 0.480 e. The molecule has 0 aromatic carbocycles. The predicted molar refractivity (Wildman–Crippen MR) is 69.3 cm³/mol. The fraction of sp³-hybridized carbons (Fsp3) is 0.909. The zero-order valence-corrected chi connectivity index (χ0v) is 11.8. The molecule has 0 saturated carbocycles. The highest BCUT2D eigenvalue weighted by Gasteiger charge is 2.44. The normalized spacial score (nSPS) is 35.8. The van der Waals surface area contributed by atoms with Crippen LogP contribution in [0.2, 0.25) is 0 Å². The van der Waals surface area contributed by atoms with E-state index in [0.717, 1.165) is 11.8 Å². The third-order valence-corrected chi connectivity index (χ3v) is 4.39. The lowest BCUT2D eigenvalue weighted by molar-refractivity contribution is -0.284. The second kappa shape index (κ2) is 8.13. The third kappa shape index (κ3) is 4.29. The van der Waals surface area contributed by atoms with Crippen LogP contribution >= 0.6 is 11.8 Å². The number of carboxylic acid groups (broad SMARTS) is 1.